The minimum absolute atomic E-state index is 0.0199. The number of nitrogens with zero attached hydrogens (tertiary/aromatic N) is 1. The lowest BCUT2D eigenvalue weighted by atomic mass is 10.1. The minimum Gasteiger partial charge on any atom is -0.508 e. The lowest BCUT2D eigenvalue weighted by molar-refractivity contribution is -0.00720. The number of benzene rings is 1. The van der Waals surface area contributed by atoms with Crippen LogP contribution in [0.2, 0.25) is 0 Å². The maximum Gasteiger partial charge on any atom is 0.137 e. The third kappa shape index (κ3) is 4.77. The van der Waals surface area contributed by atoms with Crippen molar-refractivity contribution in [2.75, 3.05) is 19.7 Å². The van der Waals surface area contributed by atoms with E-state index in [1.807, 2.05) is 6.92 Å². The van der Waals surface area contributed by atoms with E-state index in [9.17, 15) is 10.2 Å². The normalized spacial score (nSPS) is 13.0. The molecule has 0 saturated carbocycles. The van der Waals surface area contributed by atoms with Gasteiger partial charge in [0.1, 0.15) is 12.0 Å². The molecule has 0 aliphatic rings. The number of allylic oxidation sites excluding steroid dienone is 2. The summed E-state index contributed by atoms with van der Waals surface area (Å²) in [5, 5.41) is 36.8. The lowest BCUT2D eigenvalue weighted by Crippen LogP contribution is -2.33. The van der Waals surface area contributed by atoms with Gasteiger partial charge in [0.2, 0.25) is 0 Å². The fourth-order valence-corrected chi connectivity index (χ4v) is 1.94. The number of aliphatic hydroxyl groups excluding tert-OH is 2. The van der Waals surface area contributed by atoms with Gasteiger partial charge in [-0.2, -0.15) is 0 Å². The summed E-state index contributed by atoms with van der Waals surface area (Å²) in [5.41, 5.74) is 0.860. The third-order valence-corrected chi connectivity index (χ3v) is 2.98. The van der Waals surface area contributed by atoms with E-state index >= 15 is 0 Å². The molecule has 0 spiro atoms. The Morgan fingerprint density at radius 3 is 2.65 bits per heavy atom. The van der Waals surface area contributed by atoms with E-state index < -0.39 is 6.23 Å². The molecule has 110 valence electrons. The molecule has 0 heterocycles. The first kappa shape index (κ1) is 16.4. The molecule has 5 heteroatoms. The van der Waals surface area contributed by atoms with Gasteiger partial charge in [-0.1, -0.05) is 24.3 Å². The van der Waals surface area contributed by atoms with Crippen LogP contribution in [0.5, 0.6) is 5.75 Å². The molecule has 0 aromatic heterocycles. The van der Waals surface area contributed by atoms with Crippen molar-refractivity contribution in [3.63, 3.8) is 0 Å². The predicted octanol–water partition coefficient (Wildman–Crippen LogP) is 1.66. The molecule has 0 radical (unpaired) electrons. The summed E-state index contributed by atoms with van der Waals surface area (Å²) in [6.07, 6.45) is 2.96. The summed E-state index contributed by atoms with van der Waals surface area (Å²) in [4.78, 5) is 1.63. The van der Waals surface area contributed by atoms with Crippen LogP contribution in [-0.4, -0.2) is 45.6 Å². The van der Waals surface area contributed by atoms with Crippen molar-refractivity contribution in [3.05, 3.63) is 42.0 Å². The van der Waals surface area contributed by atoms with Crippen molar-refractivity contribution in [1.29, 1.82) is 5.41 Å². The predicted molar refractivity (Wildman–Crippen MR) is 78.9 cm³/mol. The Kier molecular flexibility index (Phi) is 6.93. The Bertz CT molecular complexity index is 460. The van der Waals surface area contributed by atoms with Crippen LogP contribution in [0.4, 0.5) is 0 Å². The number of phenolic OH excluding ortho intramolecular Hbond substituents is 1. The average Bonchev–Trinajstić information content (AvgIpc) is 2.43. The van der Waals surface area contributed by atoms with Crippen molar-refractivity contribution >= 4 is 5.71 Å². The first-order valence-corrected chi connectivity index (χ1v) is 6.61. The molecule has 0 aliphatic heterocycles. The molecule has 1 aromatic rings. The number of nitrogens with one attached hydrogen (secondary N) is 1. The average molecular weight is 278 g/mol. The highest BCUT2D eigenvalue weighted by molar-refractivity contribution is 5.92. The number of hydrogen-bond donors (Lipinski definition) is 4. The molecule has 4 N–H and O–H groups in total. The number of hydrogen-bond acceptors (Lipinski definition) is 5. The van der Waals surface area contributed by atoms with Crippen molar-refractivity contribution < 1.29 is 15.3 Å². The number of phenols is 1. The van der Waals surface area contributed by atoms with Gasteiger partial charge in [-0.25, -0.2) is 0 Å². The highest BCUT2D eigenvalue weighted by atomic mass is 16.3. The Balaban J connectivity index is 2.74. The topological polar surface area (TPSA) is 87.8 Å². The number of rotatable bonds is 8. The first-order chi connectivity index (χ1) is 9.60. The van der Waals surface area contributed by atoms with Gasteiger partial charge in [-0.3, -0.25) is 4.90 Å². The van der Waals surface area contributed by atoms with E-state index in [1.165, 1.54) is 6.07 Å². The zero-order valence-corrected chi connectivity index (χ0v) is 11.7. The highest BCUT2D eigenvalue weighted by Gasteiger charge is 2.19. The van der Waals surface area contributed by atoms with Crippen LogP contribution >= 0.6 is 0 Å². The van der Waals surface area contributed by atoms with Crippen molar-refractivity contribution in [2.24, 2.45) is 0 Å². The highest BCUT2D eigenvalue weighted by Crippen LogP contribution is 2.26. The largest absolute Gasteiger partial charge is 0.508 e. The SMILES string of the molecule is CC=CC(=N)CCN(CCO)C(O)c1ccccc1O. The maximum absolute atomic E-state index is 10.3. The number of aliphatic hydroxyl groups is 2. The van der Waals surface area contributed by atoms with Gasteiger partial charge < -0.3 is 20.7 Å². The van der Waals surface area contributed by atoms with E-state index in [0.29, 0.717) is 24.2 Å². The van der Waals surface area contributed by atoms with Crippen LogP contribution in [-0.2, 0) is 0 Å². The Morgan fingerprint density at radius 2 is 2.05 bits per heavy atom. The van der Waals surface area contributed by atoms with Gasteiger partial charge in [-0.05, 0) is 19.1 Å². The van der Waals surface area contributed by atoms with Gasteiger partial charge in [0.25, 0.3) is 0 Å². The summed E-state index contributed by atoms with van der Waals surface area (Å²) in [6, 6.07) is 6.57. The van der Waals surface area contributed by atoms with E-state index in [1.54, 1.807) is 35.3 Å². The molecule has 20 heavy (non-hydrogen) atoms. The minimum atomic E-state index is -0.998. The van der Waals surface area contributed by atoms with Gasteiger partial charge in [-0.15, -0.1) is 0 Å². The second-order valence-corrected chi connectivity index (χ2v) is 4.47. The summed E-state index contributed by atoms with van der Waals surface area (Å²) in [6.45, 7) is 2.45. The third-order valence-electron chi connectivity index (χ3n) is 2.98. The molecule has 5 nitrogen and oxygen atoms in total. The molecule has 0 amide bonds. The van der Waals surface area contributed by atoms with Crippen molar-refractivity contribution in [1.82, 2.24) is 4.90 Å². The van der Waals surface area contributed by atoms with Gasteiger partial charge in [0.05, 0.1) is 6.61 Å². The molecule has 0 fully saturated rings. The molecule has 1 unspecified atom stereocenters. The quantitative estimate of drug-likeness (QED) is 0.430. The number of para-hydroxylation sites is 1. The van der Waals surface area contributed by atoms with Crippen LogP contribution < -0.4 is 0 Å². The fourth-order valence-electron chi connectivity index (χ4n) is 1.94. The summed E-state index contributed by atoms with van der Waals surface area (Å²) < 4.78 is 0. The van der Waals surface area contributed by atoms with E-state index in [4.69, 9.17) is 10.5 Å². The molecule has 1 atom stereocenters. The van der Waals surface area contributed by atoms with Crippen molar-refractivity contribution in [3.8, 4) is 5.75 Å². The van der Waals surface area contributed by atoms with E-state index in [0.717, 1.165) is 0 Å². The van der Waals surface area contributed by atoms with Gasteiger partial charge in [0, 0.05) is 30.8 Å². The second-order valence-electron chi connectivity index (χ2n) is 4.47. The zero-order chi connectivity index (χ0) is 15.0. The standard InChI is InChI=1S/C15H22N2O3/c1-2-5-12(16)8-9-17(10-11-18)15(20)13-6-3-4-7-14(13)19/h2-7,15-16,18-20H,8-11H2,1H3. The van der Waals surface area contributed by atoms with E-state index in [2.05, 4.69) is 0 Å². The summed E-state index contributed by atoms with van der Waals surface area (Å²) in [7, 11) is 0. The smallest absolute Gasteiger partial charge is 0.137 e. The van der Waals surface area contributed by atoms with Crippen LogP contribution in [0.3, 0.4) is 0 Å². The van der Waals surface area contributed by atoms with Crippen molar-refractivity contribution in [2.45, 2.75) is 19.6 Å². The van der Waals surface area contributed by atoms with Crippen LogP contribution in [0, 0.1) is 5.41 Å². The molecule has 1 rings (SSSR count). The summed E-state index contributed by atoms with van der Waals surface area (Å²) in [5.74, 6) is 0.0199. The molecule has 0 aliphatic carbocycles. The molecule has 1 aromatic carbocycles. The molecular formula is C15H22N2O3. The second kappa shape index (κ2) is 8.47. The fraction of sp³-hybridized carbons (Fsp3) is 0.400. The monoisotopic (exact) mass is 278 g/mol. The maximum atomic E-state index is 10.3. The molecular weight excluding hydrogens is 256 g/mol. The van der Waals surface area contributed by atoms with E-state index in [-0.39, 0.29) is 18.9 Å². The molecule has 0 saturated heterocycles. The summed E-state index contributed by atoms with van der Waals surface area (Å²) >= 11 is 0. The Labute approximate surface area is 119 Å². The zero-order valence-electron chi connectivity index (χ0n) is 11.7. The Morgan fingerprint density at radius 1 is 1.35 bits per heavy atom. The Hall–Kier alpha value is -1.69. The van der Waals surface area contributed by atoms with Crippen LogP contribution in [0.25, 0.3) is 0 Å². The van der Waals surface area contributed by atoms with Crippen LogP contribution in [0.15, 0.2) is 36.4 Å². The molecule has 0 bridgehead atoms. The first-order valence-electron chi connectivity index (χ1n) is 6.61. The lowest BCUT2D eigenvalue weighted by Gasteiger charge is -2.27. The van der Waals surface area contributed by atoms with Gasteiger partial charge in [0.15, 0.2) is 0 Å². The van der Waals surface area contributed by atoms with Crippen LogP contribution in [0.1, 0.15) is 25.1 Å². The van der Waals surface area contributed by atoms with Gasteiger partial charge >= 0.3 is 0 Å². The number of aromatic hydroxyl groups is 1.